The molecule has 0 aromatic heterocycles. The van der Waals surface area contributed by atoms with Gasteiger partial charge in [0.15, 0.2) is 5.84 Å². The van der Waals surface area contributed by atoms with Crippen molar-refractivity contribution in [1.82, 2.24) is 10.2 Å². The third-order valence-corrected chi connectivity index (χ3v) is 4.35. The normalized spacial score (nSPS) is 25.8. The van der Waals surface area contributed by atoms with Gasteiger partial charge in [0.2, 0.25) is 11.8 Å². The maximum absolute atomic E-state index is 12.7. The molecular weight excluding hydrogens is 260 g/mol. The van der Waals surface area contributed by atoms with E-state index in [1.807, 2.05) is 0 Å². The summed E-state index contributed by atoms with van der Waals surface area (Å²) in [6, 6.07) is 0.00203. The molecule has 2 fully saturated rings. The largest absolute Gasteiger partial charge is 0.409 e. The first-order chi connectivity index (χ1) is 9.49. The zero-order valence-corrected chi connectivity index (χ0v) is 11.8. The van der Waals surface area contributed by atoms with Gasteiger partial charge >= 0.3 is 0 Å². The van der Waals surface area contributed by atoms with Crippen molar-refractivity contribution in [1.29, 1.82) is 0 Å². The maximum atomic E-state index is 12.7. The summed E-state index contributed by atoms with van der Waals surface area (Å²) in [4.78, 5) is 25.5. The SMILES string of the molecule is CC(=O)NC1CCN(C(=O)C2(C(N)=NO)CCCC2)C1. The van der Waals surface area contributed by atoms with Gasteiger partial charge in [0.1, 0.15) is 5.41 Å². The maximum Gasteiger partial charge on any atom is 0.236 e. The zero-order valence-electron chi connectivity index (χ0n) is 11.8. The molecule has 0 aromatic carbocycles. The fraction of sp³-hybridized carbons (Fsp3) is 0.769. The molecule has 0 spiro atoms. The molecule has 1 unspecified atom stereocenters. The molecule has 2 aliphatic rings. The number of hydrogen-bond donors (Lipinski definition) is 3. The van der Waals surface area contributed by atoms with E-state index in [1.165, 1.54) is 6.92 Å². The minimum Gasteiger partial charge on any atom is -0.409 e. The smallest absolute Gasteiger partial charge is 0.236 e. The molecule has 7 heteroatoms. The summed E-state index contributed by atoms with van der Waals surface area (Å²) in [6.45, 7) is 2.57. The number of amides is 2. The lowest BCUT2D eigenvalue weighted by atomic mass is 9.83. The number of nitrogens with one attached hydrogen (secondary N) is 1. The quantitative estimate of drug-likeness (QED) is 0.294. The Balaban J connectivity index is 2.08. The van der Waals surface area contributed by atoms with E-state index in [4.69, 9.17) is 10.9 Å². The molecule has 1 atom stereocenters. The van der Waals surface area contributed by atoms with E-state index >= 15 is 0 Å². The Labute approximate surface area is 118 Å². The van der Waals surface area contributed by atoms with Gasteiger partial charge in [0, 0.05) is 26.1 Å². The highest BCUT2D eigenvalue weighted by Crippen LogP contribution is 2.40. The Morgan fingerprint density at radius 2 is 2.05 bits per heavy atom. The number of nitrogens with zero attached hydrogens (tertiary/aromatic N) is 2. The van der Waals surface area contributed by atoms with E-state index in [1.54, 1.807) is 4.90 Å². The lowest BCUT2D eigenvalue weighted by Crippen LogP contribution is -2.50. The topological polar surface area (TPSA) is 108 Å². The number of amidine groups is 1. The summed E-state index contributed by atoms with van der Waals surface area (Å²) < 4.78 is 0. The van der Waals surface area contributed by atoms with Crippen molar-refractivity contribution in [3.63, 3.8) is 0 Å². The standard InChI is InChI=1S/C13H22N4O3/c1-9(18)15-10-4-7-17(8-10)12(19)13(11(14)16-20)5-2-3-6-13/h10,20H,2-8H2,1H3,(H2,14,16)(H,15,18). The number of nitrogens with two attached hydrogens (primary N) is 1. The summed E-state index contributed by atoms with van der Waals surface area (Å²) in [7, 11) is 0. The predicted octanol–water partition coefficient (Wildman–Crippen LogP) is 0.0302. The second-order valence-corrected chi connectivity index (χ2v) is 5.71. The zero-order chi connectivity index (χ0) is 14.8. The van der Waals surface area contributed by atoms with Crippen molar-refractivity contribution in [2.75, 3.05) is 13.1 Å². The fourth-order valence-electron chi connectivity index (χ4n) is 3.31. The molecule has 4 N–H and O–H groups in total. The predicted molar refractivity (Wildman–Crippen MR) is 73.1 cm³/mol. The minimum absolute atomic E-state index is 0.00203. The summed E-state index contributed by atoms with van der Waals surface area (Å²) in [5.41, 5.74) is 4.93. The van der Waals surface area contributed by atoms with Crippen LogP contribution >= 0.6 is 0 Å². The van der Waals surface area contributed by atoms with E-state index in [9.17, 15) is 9.59 Å². The molecule has 1 saturated heterocycles. The van der Waals surface area contributed by atoms with Crippen molar-refractivity contribution in [2.24, 2.45) is 16.3 Å². The fourth-order valence-corrected chi connectivity index (χ4v) is 3.31. The van der Waals surface area contributed by atoms with Gasteiger partial charge in [-0.3, -0.25) is 9.59 Å². The minimum atomic E-state index is -0.847. The summed E-state index contributed by atoms with van der Waals surface area (Å²) in [6.07, 6.45) is 3.82. The monoisotopic (exact) mass is 282 g/mol. The van der Waals surface area contributed by atoms with Crippen LogP contribution in [0.2, 0.25) is 0 Å². The van der Waals surface area contributed by atoms with Gasteiger partial charge in [0.05, 0.1) is 0 Å². The number of likely N-dealkylation sites (tertiary alicyclic amines) is 1. The van der Waals surface area contributed by atoms with Crippen LogP contribution in [-0.2, 0) is 9.59 Å². The van der Waals surface area contributed by atoms with Gasteiger partial charge < -0.3 is 21.2 Å². The molecular formula is C13H22N4O3. The summed E-state index contributed by atoms with van der Waals surface area (Å²) in [5.74, 6) is -0.141. The number of oxime groups is 1. The first kappa shape index (κ1) is 14.6. The molecule has 112 valence electrons. The number of rotatable bonds is 3. The first-order valence-corrected chi connectivity index (χ1v) is 7.04. The Morgan fingerprint density at radius 3 is 2.60 bits per heavy atom. The molecule has 1 saturated carbocycles. The lowest BCUT2D eigenvalue weighted by Gasteiger charge is -2.31. The molecule has 2 amide bonds. The third-order valence-electron chi connectivity index (χ3n) is 4.35. The van der Waals surface area contributed by atoms with Gasteiger partial charge in [-0.15, -0.1) is 0 Å². The molecule has 1 aliphatic carbocycles. The number of hydrogen-bond acceptors (Lipinski definition) is 4. The molecule has 1 aliphatic heterocycles. The third kappa shape index (κ3) is 2.57. The van der Waals surface area contributed by atoms with Crippen LogP contribution in [-0.4, -0.2) is 46.9 Å². The molecule has 2 rings (SSSR count). The van der Waals surface area contributed by atoms with E-state index in [2.05, 4.69) is 10.5 Å². The Kier molecular flexibility index (Phi) is 4.15. The van der Waals surface area contributed by atoms with Crippen molar-refractivity contribution in [2.45, 2.75) is 45.1 Å². The molecule has 7 nitrogen and oxygen atoms in total. The van der Waals surface area contributed by atoms with Crippen LogP contribution in [0.3, 0.4) is 0 Å². The average Bonchev–Trinajstić information content (AvgIpc) is 3.05. The Hall–Kier alpha value is -1.79. The van der Waals surface area contributed by atoms with Crippen LogP contribution in [0.15, 0.2) is 5.16 Å². The van der Waals surface area contributed by atoms with E-state index in [-0.39, 0.29) is 23.7 Å². The average molecular weight is 282 g/mol. The van der Waals surface area contributed by atoms with Gasteiger partial charge in [0.25, 0.3) is 0 Å². The van der Waals surface area contributed by atoms with Gasteiger partial charge in [-0.1, -0.05) is 18.0 Å². The van der Waals surface area contributed by atoms with Gasteiger partial charge in [-0.05, 0) is 19.3 Å². The van der Waals surface area contributed by atoms with Gasteiger partial charge in [-0.25, -0.2) is 0 Å². The Bertz CT molecular complexity index is 429. The molecule has 0 radical (unpaired) electrons. The van der Waals surface area contributed by atoms with E-state index in [0.29, 0.717) is 25.9 Å². The van der Waals surface area contributed by atoms with Crippen LogP contribution < -0.4 is 11.1 Å². The highest BCUT2D eigenvalue weighted by molar-refractivity contribution is 6.07. The second kappa shape index (κ2) is 5.68. The van der Waals surface area contributed by atoms with Crippen molar-refractivity contribution in [3.05, 3.63) is 0 Å². The highest BCUT2D eigenvalue weighted by atomic mass is 16.4. The van der Waals surface area contributed by atoms with Crippen molar-refractivity contribution >= 4 is 17.6 Å². The second-order valence-electron chi connectivity index (χ2n) is 5.71. The molecule has 20 heavy (non-hydrogen) atoms. The van der Waals surface area contributed by atoms with Crippen LogP contribution in [0.4, 0.5) is 0 Å². The lowest BCUT2D eigenvalue weighted by molar-refractivity contribution is -0.137. The van der Waals surface area contributed by atoms with Crippen LogP contribution in [0.1, 0.15) is 39.0 Å². The van der Waals surface area contributed by atoms with Crippen molar-refractivity contribution < 1.29 is 14.8 Å². The summed E-state index contributed by atoms with van der Waals surface area (Å²) >= 11 is 0. The molecule has 0 bridgehead atoms. The summed E-state index contributed by atoms with van der Waals surface area (Å²) in [5, 5.41) is 14.9. The highest BCUT2D eigenvalue weighted by Gasteiger charge is 2.48. The van der Waals surface area contributed by atoms with E-state index < -0.39 is 5.41 Å². The molecule has 0 aromatic rings. The number of carbonyl (C=O) groups is 2. The Morgan fingerprint density at radius 1 is 1.40 bits per heavy atom. The van der Waals surface area contributed by atoms with E-state index in [0.717, 1.165) is 19.3 Å². The number of carbonyl (C=O) groups excluding carboxylic acids is 2. The van der Waals surface area contributed by atoms with Crippen LogP contribution in [0.25, 0.3) is 0 Å². The first-order valence-electron chi connectivity index (χ1n) is 7.04. The van der Waals surface area contributed by atoms with Gasteiger partial charge in [-0.2, -0.15) is 0 Å². The van der Waals surface area contributed by atoms with Crippen LogP contribution in [0, 0.1) is 5.41 Å². The van der Waals surface area contributed by atoms with Crippen LogP contribution in [0.5, 0.6) is 0 Å². The van der Waals surface area contributed by atoms with Crippen molar-refractivity contribution in [3.8, 4) is 0 Å². The molecule has 1 heterocycles.